The van der Waals surface area contributed by atoms with Gasteiger partial charge in [0.25, 0.3) is 5.91 Å². The Morgan fingerprint density at radius 1 is 1.14 bits per heavy atom. The molecule has 2 heterocycles. The molecule has 4 rings (SSSR count). The van der Waals surface area contributed by atoms with Gasteiger partial charge in [-0.3, -0.25) is 4.79 Å². The lowest BCUT2D eigenvalue weighted by atomic mass is 9.94. The summed E-state index contributed by atoms with van der Waals surface area (Å²) >= 11 is 0. The Morgan fingerprint density at radius 2 is 1.93 bits per heavy atom. The normalized spacial score (nSPS) is 15.7. The smallest absolute Gasteiger partial charge is 0.251 e. The first-order valence-corrected chi connectivity index (χ1v) is 9.70. The molecule has 0 radical (unpaired) electrons. The third-order valence-electron chi connectivity index (χ3n) is 5.05. The van der Waals surface area contributed by atoms with Gasteiger partial charge in [-0.15, -0.1) is 12.4 Å². The van der Waals surface area contributed by atoms with Crippen LogP contribution in [0.3, 0.4) is 0 Å². The molecule has 1 fully saturated rings. The predicted octanol–water partition coefficient (Wildman–Crippen LogP) is 3.16. The maximum Gasteiger partial charge on any atom is 0.251 e. The standard InChI is InChI=1S/C22H24N4O2.ClH/c27-22(19-9-5-4-8-18(19)12-17-10-11-23-14-17)24-15-21-25-20(26-28-21)13-16-6-2-1-3-7-16;/h1-9,17,23H,10-15H2,(H,24,27);1H. The average Bonchev–Trinajstić information content (AvgIpc) is 3.39. The molecule has 1 amide bonds. The van der Waals surface area contributed by atoms with E-state index in [0.717, 1.165) is 42.6 Å². The minimum absolute atomic E-state index is 0. The molecule has 2 N–H and O–H groups in total. The Labute approximate surface area is 176 Å². The van der Waals surface area contributed by atoms with E-state index in [1.165, 1.54) is 0 Å². The number of benzene rings is 2. The second-order valence-electron chi connectivity index (χ2n) is 7.17. The van der Waals surface area contributed by atoms with Crippen LogP contribution >= 0.6 is 12.4 Å². The van der Waals surface area contributed by atoms with Crippen molar-refractivity contribution >= 4 is 18.3 Å². The van der Waals surface area contributed by atoms with Gasteiger partial charge in [-0.1, -0.05) is 53.7 Å². The first kappa shape index (κ1) is 21.0. The summed E-state index contributed by atoms with van der Waals surface area (Å²) in [4.78, 5) is 17.1. The lowest BCUT2D eigenvalue weighted by molar-refractivity contribution is 0.0945. The summed E-state index contributed by atoms with van der Waals surface area (Å²) < 4.78 is 5.28. The first-order valence-electron chi connectivity index (χ1n) is 9.70. The van der Waals surface area contributed by atoms with Gasteiger partial charge in [0.1, 0.15) is 0 Å². The van der Waals surface area contributed by atoms with Crippen molar-refractivity contribution in [2.75, 3.05) is 13.1 Å². The molecule has 2 aromatic carbocycles. The van der Waals surface area contributed by atoms with Gasteiger partial charge >= 0.3 is 0 Å². The van der Waals surface area contributed by atoms with Crippen LogP contribution in [-0.2, 0) is 19.4 Å². The number of rotatable bonds is 7. The summed E-state index contributed by atoms with van der Waals surface area (Å²) in [6, 6.07) is 17.8. The number of amides is 1. The summed E-state index contributed by atoms with van der Waals surface area (Å²) in [5.41, 5.74) is 2.93. The number of carbonyl (C=O) groups excluding carboxylic acids is 1. The van der Waals surface area contributed by atoms with Crippen molar-refractivity contribution in [1.82, 2.24) is 20.8 Å². The monoisotopic (exact) mass is 412 g/mol. The van der Waals surface area contributed by atoms with Gasteiger partial charge in [-0.2, -0.15) is 4.98 Å². The maximum absolute atomic E-state index is 12.7. The number of nitrogens with one attached hydrogen (secondary N) is 2. The van der Waals surface area contributed by atoms with Gasteiger partial charge in [0.2, 0.25) is 5.89 Å². The van der Waals surface area contributed by atoms with Crippen LogP contribution in [0.1, 0.15) is 39.6 Å². The number of hydrogen-bond acceptors (Lipinski definition) is 5. The molecular weight excluding hydrogens is 388 g/mol. The lowest BCUT2D eigenvalue weighted by Gasteiger charge is -2.12. The minimum Gasteiger partial charge on any atom is -0.343 e. The third kappa shape index (κ3) is 5.65. The van der Waals surface area contributed by atoms with E-state index in [0.29, 0.717) is 24.1 Å². The van der Waals surface area contributed by atoms with Gasteiger partial charge in [0.05, 0.1) is 6.54 Å². The molecule has 1 atom stereocenters. The number of carbonyl (C=O) groups is 1. The van der Waals surface area contributed by atoms with Crippen LogP contribution in [0.4, 0.5) is 0 Å². The summed E-state index contributed by atoms with van der Waals surface area (Å²) in [5.74, 6) is 1.51. The molecule has 0 saturated carbocycles. The van der Waals surface area contributed by atoms with Crippen molar-refractivity contribution in [2.24, 2.45) is 5.92 Å². The minimum atomic E-state index is -0.107. The van der Waals surface area contributed by atoms with Crippen LogP contribution in [0, 0.1) is 5.92 Å². The number of nitrogens with zero attached hydrogens (tertiary/aromatic N) is 2. The van der Waals surface area contributed by atoms with E-state index in [1.54, 1.807) is 0 Å². The van der Waals surface area contributed by atoms with Gasteiger partial charge in [-0.05, 0) is 49.0 Å². The van der Waals surface area contributed by atoms with Gasteiger partial charge in [-0.25, -0.2) is 0 Å². The molecule has 1 saturated heterocycles. The van der Waals surface area contributed by atoms with Crippen molar-refractivity contribution in [3.63, 3.8) is 0 Å². The van der Waals surface area contributed by atoms with Gasteiger partial charge < -0.3 is 15.2 Å². The largest absolute Gasteiger partial charge is 0.343 e. The zero-order chi connectivity index (χ0) is 19.2. The molecule has 7 heteroatoms. The molecule has 0 aliphatic carbocycles. The van der Waals surface area contributed by atoms with Crippen LogP contribution in [0.25, 0.3) is 0 Å². The Balaban J connectivity index is 0.00000240. The van der Waals surface area contributed by atoms with E-state index in [1.807, 2.05) is 54.6 Å². The van der Waals surface area contributed by atoms with Gasteiger partial charge in [0, 0.05) is 12.0 Å². The van der Waals surface area contributed by atoms with E-state index in [9.17, 15) is 4.79 Å². The van der Waals surface area contributed by atoms with Crippen LogP contribution in [0.2, 0.25) is 0 Å². The molecular formula is C22H25ClN4O2. The molecule has 6 nitrogen and oxygen atoms in total. The van der Waals surface area contributed by atoms with Crippen molar-refractivity contribution in [3.8, 4) is 0 Å². The highest BCUT2D eigenvalue weighted by molar-refractivity contribution is 5.95. The summed E-state index contributed by atoms with van der Waals surface area (Å²) in [6.07, 6.45) is 2.68. The predicted molar refractivity (Wildman–Crippen MR) is 113 cm³/mol. The van der Waals surface area contributed by atoms with Crippen LogP contribution in [0.15, 0.2) is 59.1 Å². The quantitative estimate of drug-likeness (QED) is 0.623. The maximum atomic E-state index is 12.7. The Bertz CT molecular complexity index is 923. The summed E-state index contributed by atoms with van der Waals surface area (Å²) in [6.45, 7) is 2.30. The topological polar surface area (TPSA) is 80.1 Å². The average molecular weight is 413 g/mol. The van der Waals surface area contributed by atoms with E-state index in [2.05, 4.69) is 20.8 Å². The number of halogens is 1. The molecule has 0 spiro atoms. The molecule has 1 aromatic heterocycles. The molecule has 152 valence electrons. The van der Waals surface area contributed by atoms with Crippen molar-refractivity contribution < 1.29 is 9.32 Å². The van der Waals surface area contributed by atoms with Crippen LogP contribution < -0.4 is 10.6 Å². The zero-order valence-electron chi connectivity index (χ0n) is 16.1. The van der Waals surface area contributed by atoms with E-state index in [4.69, 9.17) is 4.52 Å². The highest BCUT2D eigenvalue weighted by Crippen LogP contribution is 2.18. The zero-order valence-corrected chi connectivity index (χ0v) is 17.0. The van der Waals surface area contributed by atoms with E-state index < -0.39 is 0 Å². The van der Waals surface area contributed by atoms with Crippen LogP contribution in [-0.4, -0.2) is 29.1 Å². The third-order valence-corrected chi connectivity index (χ3v) is 5.05. The second-order valence-corrected chi connectivity index (χ2v) is 7.17. The molecule has 1 aliphatic heterocycles. The Kier molecular flexibility index (Phi) is 7.38. The molecule has 1 unspecified atom stereocenters. The van der Waals surface area contributed by atoms with E-state index >= 15 is 0 Å². The Morgan fingerprint density at radius 3 is 2.72 bits per heavy atom. The lowest BCUT2D eigenvalue weighted by Crippen LogP contribution is -2.24. The Hall–Kier alpha value is -2.70. The highest BCUT2D eigenvalue weighted by atomic mass is 35.5. The van der Waals surface area contributed by atoms with E-state index in [-0.39, 0.29) is 24.9 Å². The van der Waals surface area contributed by atoms with Crippen molar-refractivity contribution in [1.29, 1.82) is 0 Å². The second kappa shape index (κ2) is 10.2. The fourth-order valence-electron chi connectivity index (χ4n) is 3.58. The number of hydrogen-bond donors (Lipinski definition) is 2. The molecule has 0 bridgehead atoms. The molecule has 29 heavy (non-hydrogen) atoms. The van der Waals surface area contributed by atoms with Crippen LogP contribution in [0.5, 0.6) is 0 Å². The first-order chi connectivity index (χ1) is 13.8. The highest BCUT2D eigenvalue weighted by Gasteiger charge is 2.19. The molecule has 3 aromatic rings. The SMILES string of the molecule is Cl.O=C(NCc1nc(Cc2ccccc2)no1)c1ccccc1CC1CCNC1. The summed E-state index contributed by atoms with van der Waals surface area (Å²) in [7, 11) is 0. The fourth-order valence-corrected chi connectivity index (χ4v) is 3.58. The number of aromatic nitrogens is 2. The van der Waals surface area contributed by atoms with Gasteiger partial charge in [0.15, 0.2) is 5.82 Å². The van der Waals surface area contributed by atoms with Crippen molar-refractivity contribution in [3.05, 3.63) is 83.0 Å². The summed E-state index contributed by atoms with van der Waals surface area (Å²) in [5, 5.41) is 10.3. The fraction of sp³-hybridized carbons (Fsp3) is 0.318. The van der Waals surface area contributed by atoms with Crippen molar-refractivity contribution in [2.45, 2.75) is 25.8 Å². The molecule has 1 aliphatic rings.